The molecule has 1 unspecified atom stereocenters. The molecular weight excluding hydrogens is 338 g/mol. The lowest BCUT2D eigenvalue weighted by Gasteiger charge is -2.18. The van der Waals surface area contributed by atoms with Gasteiger partial charge in [0.25, 0.3) is 0 Å². The van der Waals surface area contributed by atoms with E-state index >= 15 is 0 Å². The molecule has 106 valence electrons. The van der Waals surface area contributed by atoms with Crippen LogP contribution in [0.2, 0.25) is 5.02 Å². The van der Waals surface area contributed by atoms with Gasteiger partial charge in [0.05, 0.1) is 7.11 Å². The van der Waals surface area contributed by atoms with E-state index in [1.807, 2.05) is 25.2 Å². The van der Waals surface area contributed by atoms with Crippen LogP contribution < -0.4 is 10.1 Å². The first-order valence-electron chi connectivity index (χ1n) is 6.39. The van der Waals surface area contributed by atoms with E-state index in [4.69, 9.17) is 16.3 Å². The Morgan fingerprint density at radius 3 is 2.50 bits per heavy atom. The highest BCUT2D eigenvalue weighted by Gasteiger charge is 2.13. The van der Waals surface area contributed by atoms with E-state index in [1.165, 1.54) is 5.56 Å². The van der Waals surface area contributed by atoms with Crippen LogP contribution in [0.1, 0.15) is 17.2 Å². The lowest BCUT2D eigenvalue weighted by molar-refractivity contribution is 0.406. The van der Waals surface area contributed by atoms with Crippen molar-refractivity contribution in [3.8, 4) is 5.75 Å². The van der Waals surface area contributed by atoms with Crippen molar-refractivity contribution in [3.05, 3.63) is 63.1 Å². The molecule has 0 radical (unpaired) electrons. The molecule has 2 aromatic rings. The summed E-state index contributed by atoms with van der Waals surface area (Å²) in [4.78, 5) is 0. The summed E-state index contributed by atoms with van der Waals surface area (Å²) in [5, 5.41) is 4.07. The molecule has 0 saturated carbocycles. The minimum Gasteiger partial charge on any atom is -0.496 e. The van der Waals surface area contributed by atoms with Gasteiger partial charge in [-0.25, -0.2) is 0 Å². The standard InChI is InChI=1S/C16H17BrClNO/c1-19-15(11-3-5-13(17)6-4-11)10-12-9-14(18)7-8-16(12)20-2/h3-9,15,19H,10H2,1-2H3. The number of halogens is 2. The van der Waals surface area contributed by atoms with Crippen LogP contribution in [0.15, 0.2) is 46.9 Å². The second-order valence-corrected chi connectivity index (χ2v) is 5.91. The number of rotatable bonds is 5. The van der Waals surface area contributed by atoms with Gasteiger partial charge in [0.2, 0.25) is 0 Å². The summed E-state index contributed by atoms with van der Waals surface area (Å²) < 4.78 is 6.49. The molecule has 0 spiro atoms. The van der Waals surface area contributed by atoms with E-state index in [2.05, 4.69) is 45.5 Å². The molecule has 0 heterocycles. The maximum Gasteiger partial charge on any atom is 0.122 e. The van der Waals surface area contributed by atoms with Gasteiger partial charge in [-0.2, -0.15) is 0 Å². The normalized spacial score (nSPS) is 12.2. The van der Waals surface area contributed by atoms with Gasteiger partial charge in [0.1, 0.15) is 5.75 Å². The van der Waals surface area contributed by atoms with Gasteiger partial charge in [-0.1, -0.05) is 39.7 Å². The average molecular weight is 355 g/mol. The molecule has 0 amide bonds. The van der Waals surface area contributed by atoms with Crippen molar-refractivity contribution in [2.45, 2.75) is 12.5 Å². The molecule has 1 N–H and O–H groups in total. The molecule has 0 bridgehead atoms. The number of hydrogen-bond donors (Lipinski definition) is 1. The molecule has 0 aromatic heterocycles. The maximum atomic E-state index is 6.09. The highest BCUT2D eigenvalue weighted by Crippen LogP contribution is 2.28. The Balaban J connectivity index is 2.26. The Kier molecular flexibility index (Phi) is 5.46. The molecule has 2 nitrogen and oxygen atoms in total. The number of hydrogen-bond acceptors (Lipinski definition) is 2. The Labute approximate surface area is 133 Å². The topological polar surface area (TPSA) is 21.3 Å². The Hall–Kier alpha value is -1.03. The van der Waals surface area contributed by atoms with Crippen molar-refractivity contribution in [2.24, 2.45) is 0 Å². The van der Waals surface area contributed by atoms with Crippen LogP contribution in [0.25, 0.3) is 0 Å². The van der Waals surface area contributed by atoms with E-state index in [-0.39, 0.29) is 6.04 Å². The Morgan fingerprint density at radius 2 is 1.90 bits per heavy atom. The highest BCUT2D eigenvalue weighted by molar-refractivity contribution is 9.10. The Morgan fingerprint density at radius 1 is 1.20 bits per heavy atom. The van der Waals surface area contributed by atoms with Crippen molar-refractivity contribution in [1.82, 2.24) is 5.32 Å². The van der Waals surface area contributed by atoms with Gasteiger partial charge in [-0.3, -0.25) is 0 Å². The fourth-order valence-electron chi connectivity index (χ4n) is 2.21. The Bertz CT molecular complexity index is 571. The van der Waals surface area contributed by atoms with E-state index in [9.17, 15) is 0 Å². The first-order valence-corrected chi connectivity index (χ1v) is 7.56. The summed E-state index contributed by atoms with van der Waals surface area (Å²) in [6.45, 7) is 0. The number of likely N-dealkylation sites (N-methyl/N-ethyl adjacent to an activating group) is 1. The molecule has 2 rings (SSSR count). The number of benzene rings is 2. The van der Waals surface area contributed by atoms with Crippen molar-refractivity contribution >= 4 is 27.5 Å². The molecule has 0 aliphatic rings. The molecule has 1 atom stereocenters. The number of nitrogens with one attached hydrogen (secondary N) is 1. The molecule has 0 fully saturated rings. The van der Waals surface area contributed by atoms with Gasteiger partial charge in [-0.05, 0) is 54.9 Å². The van der Waals surface area contributed by atoms with Crippen molar-refractivity contribution in [2.75, 3.05) is 14.2 Å². The fourth-order valence-corrected chi connectivity index (χ4v) is 2.67. The van der Waals surface area contributed by atoms with Crippen LogP contribution in [-0.4, -0.2) is 14.2 Å². The van der Waals surface area contributed by atoms with Crippen molar-refractivity contribution in [3.63, 3.8) is 0 Å². The van der Waals surface area contributed by atoms with E-state index in [0.29, 0.717) is 0 Å². The van der Waals surface area contributed by atoms with Crippen LogP contribution in [0, 0.1) is 0 Å². The van der Waals surface area contributed by atoms with Crippen LogP contribution in [0.4, 0.5) is 0 Å². The van der Waals surface area contributed by atoms with E-state index in [0.717, 1.165) is 27.2 Å². The largest absolute Gasteiger partial charge is 0.496 e. The lowest BCUT2D eigenvalue weighted by atomic mass is 9.98. The maximum absolute atomic E-state index is 6.09. The van der Waals surface area contributed by atoms with Crippen LogP contribution in [0.5, 0.6) is 5.75 Å². The second-order valence-electron chi connectivity index (χ2n) is 4.55. The predicted molar refractivity (Wildman–Crippen MR) is 87.7 cm³/mol. The molecule has 0 saturated heterocycles. The van der Waals surface area contributed by atoms with E-state index < -0.39 is 0 Å². The van der Waals surface area contributed by atoms with Crippen molar-refractivity contribution in [1.29, 1.82) is 0 Å². The third kappa shape index (κ3) is 3.75. The summed E-state index contributed by atoms with van der Waals surface area (Å²) in [5.41, 5.74) is 2.33. The van der Waals surface area contributed by atoms with Gasteiger partial charge < -0.3 is 10.1 Å². The summed E-state index contributed by atoms with van der Waals surface area (Å²) in [5.74, 6) is 0.867. The minimum absolute atomic E-state index is 0.218. The minimum atomic E-state index is 0.218. The highest BCUT2D eigenvalue weighted by atomic mass is 79.9. The zero-order valence-corrected chi connectivity index (χ0v) is 13.8. The molecule has 0 aliphatic carbocycles. The first kappa shape index (κ1) is 15.4. The van der Waals surface area contributed by atoms with Gasteiger partial charge in [-0.15, -0.1) is 0 Å². The van der Waals surface area contributed by atoms with Gasteiger partial charge >= 0.3 is 0 Å². The summed E-state index contributed by atoms with van der Waals surface area (Å²) in [6.07, 6.45) is 0.821. The predicted octanol–water partition coefficient (Wildman–Crippen LogP) is 4.61. The van der Waals surface area contributed by atoms with Crippen LogP contribution in [-0.2, 0) is 6.42 Å². The van der Waals surface area contributed by atoms with Crippen LogP contribution >= 0.6 is 27.5 Å². The summed E-state index contributed by atoms with van der Waals surface area (Å²) >= 11 is 9.54. The monoisotopic (exact) mass is 353 g/mol. The molecule has 2 aromatic carbocycles. The third-order valence-electron chi connectivity index (χ3n) is 3.29. The summed E-state index contributed by atoms with van der Waals surface area (Å²) in [6, 6.07) is 14.3. The number of ether oxygens (including phenoxy) is 1. The smallest absolute Gasteiger partial charge is 0.122 e. The fraction of sp³-hybridized carbons (Fsp3) is 0.250. The zero-order valence-electron chi connectivity index (χ0n) is 11.5. The molecule has 20 heavy (non-hydrogen) atoms. The van der Waals surface area contributed by atoms with Crippen molar-refractivity contribution < 1.29 is 4.74 Å². The number of methoxy groups -OCH3 is 1. The lowest BCUT2D eigenvalue weighted by Crippen LogP contribution is -2.19. The average Bonchev–Trinajstić information content (AvgIpc) is 2.46. The zero-order chi connectivity index (χ0) is 14.5. The second kappa shape index (κ2) is 7.11. The SMILES string of the molecule is CNC(Cc1cc(Cl)ccc1OC)c1ccc(Br)cc1. The third-order valence-corrected chi connectivity index (χ3v) is 4.05. The molecule has 4 heteroatoms. The quantitative estimate of drug-likeness (QED) is 0.846. The van der Waals surface area contributed by atoms with Gasteiger partial charge in [0, 0.05) is 15.5 Å². The molecular formula is C16H17BrClNO. The van der Waals surface area contributed by atoms with Crippen LogP contribution in [0.3, 0.4) is 0 Å². The van der Waals surface area contributed by atoms with Gasteiger partial charge in [0.15, 0.2) is 0 Å². The summed E-state index contributed by atoms with van der Waals surface area (Å²) in [7, 11) is 3.64. The first-order chi connectivity index (χ1) is 9.63. The van der Waals surface area contributed by atoms with E-state index in [1.54, 1.807) is 7.11 Å². The molecule has 0 aliphatic heterocycles.